The third-order valence-corrected chi connectivity index (χ3v) is 0.696. The Labute approximate surface area is 47.7 Å². The van der Waals surface area contributed by atoms with Gasteiger partial charge in [-0.15, -0.1) is 0 Å². The monoisotopic (exact) mass is 115 g/mol. The molecule has 0 heterocycles. The normalized spacial score (nSPS) is 9.14. The molecule has 0 spiro atoms. The summed E-state index contributed by atoms with van der Waals surface area (Å²) < 4.78 is 0. The van der Waals surface area contributed by atoms with Crippen molar-refractivity contribution in [2.24, 2.45) is 5.73 Å². The summed E-state index contributed by atoms with van der Waals surface area (Å²) in [7, 11) is 0. The first kappa shape index (κ1) is 6.30. The van der Waals surface area contributed by atoms with Crippen LogP contribution in [0.4, 0.5) is 0 Å². The van der Waals surface area contributed by atoms with Gasteiger partial charge in [-0.1, -0.05) is 6.58 Å². The molecule has 0 atom stereocenters. The fraction of sp³-hybridized carbons (Fsp3) is 0. The first-order chi connectivity index (χ1) is 3.31. The van der Waals surface area contributed by atoms with E-state index in [1.165, 1.54) is 12.4 Å². The van der Waals surface area contributed by atoms with Crippen LogP contribution in [0.15, 0.2) is 12.7 Å². The summed E-state index contributed by atoms with van der Waals surface area (Å²) >= 11 is 4.61. The molecule has 0 unspecified atom stereocenters. The molecule has 38 valence electrons. The van der Waals surface area contributed by atoms with E-state index in [4.69, 9.17) is 5.73 Å². The molecule has 0 aromatic carbocycles. The topological polar surface area (TPSA) is 40.0 Å². The average Bonchev–Trinajstić information content (AvgIpc) is 1.68. The number of hydrogen-bond acceptors (Lipinski definition) is 1. The predicted molar refractivity (Wildman–Crippen MR) is 34.0 cm³/mol. The van der Waals surface area contributed by atoms with E-state index in [1.807, 2.05) is 0 Å². The van der Waals surface area contributed by atoms with Gasteiger partial charge in [0.2, 0.25) is 6.34 Å². The molecule has 0 aliphatic heterocycles. The zero-order valence-electron chi connectivity index (χ0n) is 3.85. The van der Waals surface area contributed by atoms with Crippen LogP contribution < -0.4 is 10.7 Å². The summed E-state index contributed by atoms with van der Waals surface area (Å²) in [5.74, 6) is 0. The molecule has 0 saturated carbocycles. The second-order valence-corrected chi connectivity index (χ2v) is 1.32. The SMILES string of the molecule is C=CC(=S)[NH+]=CN. The Kier molecular flexibility index (Phi) is 3.14. The minimum atomic E-state index is 0.544. The van der Waals surface area contributed by atoms with E-state index < -0.39 is 0 Å². The standard InChI is InChI=1S/C4H6N2S/c1-2-4(7)6-3-5/h2-3H,1H2,(H2,5,6,7)/p+1. The van der Waals surface area contributed by atoms with Crippen molar-refractivity contribution in [2.75, 3.05) is 0 Å². The molecule has 0 rings (SSSR count). The maximum absolute atomic E-state index is 4.93. The number of hydrogen-bond donors (Lipinski definition) is 2. The largest absolute Gasteiger partial charge is 0.293 e. The average molecular weight is 115 g/mol. The van der Waals surface area contributed by atoms with Crippen molar-refractivity contribution >= 4 is 23.5 Å². The zero-order valence-corrected chi connectivity index (χ0v) is 4.66. The van der Waals surface area contributed by atoms with Crippen LogP contribution in [-0.2, 0) is 0 Å². The lowest BCUT2D eigenvalue weighted by Gasteiger charge is -1.73. The molecular formula is C4H7N2S+. The summed E-state index contributed by atoms with van der Waals surface area (Å²) in [5, 5.41) is 0. The lowest BCUT2D eigenvalue weighted by atomic mass is 10.6. The molecule has 3 N–H and O–H groups in total. The Bertz CT molecular complexity index is 106. The molecule has 7 heavy (non-hydrogen) atoms. The van der Waals surface area contributed by atoms with Crippen LogP contribution in [0.25, 0.3) is 0 Å². The Balaban J connectivity index is 3.58. The second kappa shape index (κ2) is 3.49. The summed E-state index contributed by atoms with van der Waals surface area (Å²) in [5.41, 5.74) is 4.93. The Hall–Kier alpha value is -0.700. The Morgan fingerprint density at radius 1 is 1.86 bits per heavy atom. The first-order valence-corrected chi connectivity index (χ1v) is 2.18. The summed E-state index contributed by atoms with van der Waals surface area (Å²) in [6.07, 6.45) is 2.78. The highest BCUT2D eigenvalue weighted by atomic mass is 32.1. The Morgan fingerprint density at radius 2 is 2.43 bits per heavy atom. The van der Waals surface area contributed by atoms with Gasteiger partial charge in [0.15, 0.2) is 4.99 Å². The van der Waals surface area contributed by atoms with E-state index in [-0.39, 0.29) is 0 Å². The summed E-state index contributed by atoms with van der Waals surface area (Å²) in [6, 6.07) is 0. The van der Waals surface area contributed by atoms with Crippen LogP contribution in [0.3, 0.4) is 0 Å². The van der Waals surface area contributed by atoms with Gasteiger partial charge in [-0.2, -0.15) is 0 Å². The fourth-order valence-corrected chi connectivity index (χ4v) is 0.209. The van der Waals surface area contributed by atoms with E-state index >= 15 is 0 Å². The van der Waals surface area contributed by atoms with Gasteiger partial charge in [0.1, 0.15) is 0 Å². The van der Waals surface area contributed by atoms with Crippen molar-refractivity contribution in [3.8, 4) is 0 Å². The maximum atomic E-state index is 4.93. The predicted octanol–water partition coefficient (Wildman–Crippen LogP) is -1.43. The van der Waals surface area contributed by atoms with Crippen LogP contribution in [-0.4, -0.2) is 11.3 Å². The molecule has 3 heteroatoms. The molecule has 0 saturated heterocycles. The van der Waals surface area contributed by atoms with Crippen molar-refractivity contribution in [1.82, 2.24) is 0 Å². The molecule has 0 amide bonds. The lowest BCUT2D eigenvalue weighted by molar-refractivity contribution is -0.302. The highest BCUT2D eigenvalue weighted by molar-refractivity contribution is 7.80. The quantitative estimate of drug-likeness (QED) is 0.190. The van der Waals surface area contributed by atoms with Gasteiger partial charge in [-0.25, -0.2) is 4.99 Å². The molecular weight excluding hydrogens is 108 g/mol. The fourth-order valence-electron chi connectivity index (χ4n) is 0.141. The van der Waals surface area contributed by atoms with Crippen molar-refractivity contribution in [3.63, 3.8) is 0 Å². The smallest absolute Gasteiger partial charge is 0.233 e. The van der Waals surface area contributed by atoms with Gasteiger partial charge in [0.05, 0.1) is 0 Å². The molecule has 2 nitrogen and oxygen atoms in total. The number of nitrogens with two attached hydrogens (primary N) is 1. The van der Waals surface area contributed by atoms with Gasteiger partial charge in [0, 0.05) is 0 Å². The van der Waals surface area contributed by atoms with Gasteiger partial charge in [-0.3, -0.25) is 5.73 Å². The highest BCUT2D eigenvalue weighted by Gasteiger charge is 1.78. The van der Waals surface area contributed by atoms with E-state index in [9.17, 15) is 0 Å². The van der Waals surface area contributed by atoms with Gasteiger partial charge in [0.25, 0.3) is 0 Å². The summed E-state index contributed by atoms with van der Waals surface area (Å²) in [6.45, 7) is 3.40. The minimum absolute atomic E-state index is 0.544. The molecule has 0 aliphatic carbocycles. The van der Waals surface area contributed by atoms with Crippen molar-refractivity contribution < 1.29 is 4.99 Å². The molecule has 0 fully saturated rings. The molecule has 0 aromatic rings. The third-order valence-electron chi connectivity index (χ3n) is 0.411. The highest BCUT2D eigenvalue weighted by Crippen LogP contribution is 1.55. The van der Waals surface area contributed by atoms with E-state index in [0.29, 0.717) is 4.99 Å². The van der Waals surface area contributed by atoms with Crippen molar-refractivity contribution in [3.05, 3.63) is 12.7 Å². The number of rotatable bonds is 1. The van der Waals surface area contributed by atoms with Crippen molar-refractivity contribution in [2.45, 2.75) is 0 Å². The van der Waals surface area contributed by atoms with Crippen LogP contribution in [0.5, 0.6) is 0 Å². The third kappa shape index (κ3) is 3.12. The second-order valence-electron chi connectivity index (χ2n) is 0.879. The molecule has 0 aliphatic rings. The molecule has 0 radical (unpaired) electrons. The van der Waals surface area contributed by atoms with Crippen LogP contribution in [0.2, 0.25) is 0 Å². The maximum Gasteiger partial charge on any atom is 0.233 e. The van der Waals surface area contributed by atoms with Gasteiger partial charge < -0.3 is 0 Å². The van der Waals surface area contributed by atoms with E-state index in [0.717, 1.165) is 0 Å². The number of nitrogens with one attached hydrogen (secondary N) is 1. The van der Waals surface area contributed by atoms with Crippen LogP contribution in [0, 0.1) is 0 Å². The van der Waals surface area contributed by atoms with Crippen LogP contribution >= 0.6 is 12.2 Å². The first-order valence-electron chi connectivity index (χ1n) is 1.77. The number of thiocarbonyl (C=S) groups is 1. The van der Waals surface area contributed by atoms with Gasteiger partial charge >= 0.3 is 0 Å². The summed E-state index contributed by atoms with van der Waals surface area (Å²) in [4.78, 5) is 3.11. The van der Waals surface area contributed by atoms with Crippen LogP contribution in [0.1, 0.15) is 0 Å². The molecule has 0 aromatic heterocycles. The Morgan fingerprint density at radius 3 is 2.57 bits per heavy atom. The molecule has 0 bridgehead atoms. The lowest BCUT2D eigenvalue weighted by Crippen LogP contribution is -2.73. The minimum Gasteiger partial charge on any atom is -0.293 e. The van der Waals surface area contributed by atoms with Crippen molar-refractivity contribution in [1.29, 1.82) is 0 Å². The zero-order chi connectivity index (χ0) is 5.70. The van der Waals surface area contributed by atoms with Gasteiger partial charge in [-0.05, 0) is 18.3 Å². The van der Waals surface area contributed by atoms with E-state index in [2.05, 4.69) is 23.8 Å². The van der Waals surface area contributed by atoms with E-state index in [1.54, 1.807) is 0 Å².